The summed E-state index contributed by atoms with van der Waals surface area (Å²) in [6.07, 6.45) is 3.56. The lowest BCUT2D eigenvalue weighted by molar-refractivity contribution is 0.380. The van der Waals surface area contributed by atoms with Gasteiger partial charge in [0.25, 0.3) is 0 Å². The average Bonchev–Trinajstić information content (AvgIpc) is 3.18. The molecule has 5 heteroatoms. The highest BCUT2D eigenvalue weighted by Gasteiger charge is 2.25. The summed E-state index contributed by atoms with van der Waals surface area (Å²) < 4.78 is 3.74. The van der Waals surface area contributed by atoms with Crippen molar-refractivity contribution in [3.05, 3.63) is 65.7 Å². The summed E-state index contributed by atoms with van der Waals surface area (Å²) >= 11 is 0. The number of aromatic hydroxyl groups is 1. The van der Waals surface area contributed by atoms with Crippen LogP contribution in [0.5, 0.6) is 5.75 Å². The number of phenols is 1. The van der Waals surface area contributed by atoms with Gasteiger partial charge in [-0.15, -0.1) is 0 Å². The number of hydrogen-bond acceptors (Lipinski definition) is 3. The fourth-order valence-electron chi connectivity index (χ4n) is 2.86. The Morgan fingerprint density at radius 1 is 0.769 bits per heavy atom. The minimum Gasteiger partial charge on any atom is -0.508 e. The van der Waals surface area contributed by atoms with Gasteiger partial charge in [0.05, 0.1) is 11.4 Å². The summed E-state index contributed by atoms with van der Waals surface area (Å²) in [6, 6.07) is 11.4. The molecule has 138 valence electrons. The first-order valence-corrected chi connectivity index (χ1v) is 8.96. The molecule has 0 aliphatic rings. The lowest BCUT2D eigenvalue weighted by atomic mass is 9.93. The molecule has 3 rings (SSSR count). The number of nitrogens with zero attached hydrogens (tertiary/aromatic N) is 4. The van der Waals surface area contributed by atoms with Crippen LogP contribution in [0.3, 0.4) is 0 Å². The van der Waals surface area contributed by atoms with Crippen LogP contribution < -0.4 is 0 Å². The van der Waals surface area contributed by atoms with E-state index in [0.717, 1.165) is 17.0 Å². The van der Waals surface area contributed by atoms with Crippen molar-refractivity contribution in [1.82, 2.24) is 19.6 Å². The van der Waals surface area contributed by atoms with Crippen molar-refractivity contribution in [2.45, 2.75) is 58.5 Å². The van der Waals surface area contributed by atoms with Crippen LogP contribution in [0.15, 0.2) is 48.8 Å². The van der Waals surface area contributed by atoms with E-state index in [1.54, 1.807) is 6.07 Å². The summed E-state index contributed by atoms with van der Waals surface area (Å²) in [6.45, 7) is 12.8. The minimum absolute atomic E-state index is 0.0464. The monoisotopic (exact) mass is 352 g/mol. The third-order valence-corrected chi connectivity index (χ3v) is 4.47. The SMILES string of the molecule is CC(C)(C)c1ccn(C(c2ccccc2O)n2ccc(C(C)(C)C)n2)n1. The fraction of sp³-hybridized carbons (Fsp3) is 0.429. The van der Waals surface area contributed by atoms with Gasteiger partial charge in [0, 0.05) is 28.8 Å². The second kappa shape index (κ2) is 6.31. The van der Waals surface area contributed by atoms with Crippen molar-refractivity contribution in [1.29, 1.82) is 0 Å². The van der Waals surface area contributed by atoms with E-state index in [1.165, 1.54) is 0 Å². The summed E-state index contributed by atoms with van der Waals surface area (Å²) in [5.74, 6) is 0.234. The molecule has 0 radical (unpaired) electrons. The normalized spacial score (nSPS) is 12.7. The lowest BCUT2D eigenvalue weighted by Crippen LogP contribution is -2.23. The van der Waals surface area contributed by atoms with Gasteiger partial charge in [0.15, 0.2) is 6.17 Å². The molecular weight excluding hydrogens is 324 g/mol. The highest BCUT2D eigenvalue weighted by atomic mass is 16.3. The Labute approximate surface area is 155 Å². The molecule has 26 heavy (non-hydrogen) atoms. The van der Waals surface area contributed by atoms with Gasteiger partial charge in [-0.2, -0.15) is 10.2 Å². The molecule has 0 saturated heterocycles. The van der Waals surface area contributed by atoms with Crippen molar-refractivity contribution in [2.24, 2.45) is 0 Å². The second-order valence-electron chi connectivity index (χ2n) is 8.79. The molecular formula is C21H28N4O. The molecule has 0 fully saturated rings. The summed E-state index contributed by atoms with van der Waals surface area (Å²) in [5.41, 5.74) is 2.67. The molecule has 3 aromatic rings. The molecule has 2 aromatic heterocycles. The largest absolute Gasteiger partial charge is 0.508 e. The molecule has 5 nitrogen and oxygen atoms in total. The van der Waals surface area contributed by atoms with Gasteiger partial charge in [0.2, 0.25) is 0 Å². The van der Waals surface area contributed by atoms with Crippen LogP contribution in [-0.4, -0.2) is 24.7 Å². The first kappa shape index (κ1) is 18.2. The number of phenolic OH excluding ortho intramolecular Hbond substituents is 1. The summed E-state index contributed by atoms with van der Waals surface area (Å²) in [4.78, 5) is 0. The van der Waals surface area contributed by atoms with Gasteiger partial charge in [-0.1, -0.05) is 59.7 Å². The van der Waals surface area contributed by atoms with Crippen LogP contribution in [0.1, 0.15) is 64.7 Å². The maximum absolute atomic E-state index is 10.5. The molecule has 1 N–H and O–H groups in total. The highest BCUT2D eigenvalue weighted by molar-refractivity contribution is 5.35. The van der Waals surface area contributed by atoms with E-state index in [9.17, 15) is 5.11 Å². The molecule has 1 aromatic carbocycles. The van der Waals surface area contributed by atoms with Gasteiger partial charge in [-0.25, -0.2) is 9.36 Å². The smallest absolute Gasteiger partial charge is 0.172 e. The maximum atomic E-state index is 10.5. The van der Waals surface area contributed by atoms with Gasteiger partial charge in [-0.3, -0.25) is 0 Å². The number of rotatable bonds is 3. The summed E-state index contributed by atoms with van der Waals surface area (Å²) in [5, 5.41) is 20.0. The van der Waals surface area contributed by atoms with E-state index >= 15 is 0 Å². The van der Waals surface area contributed by atoms with Crippen molar-refractivity contribution in [3.63, 3.8) is 0 Å². The van der Waals surface area contributed by atoms with Crippen LogP contribution in [0, 0.1) is 0 Å². The topological polar surface area (TPSA) is 55.9 Å². The minimum atomic E-state index is -0.344. The molecule has 2 heterocycles. The summed E-state index contributed by atoms with van der Waals surface area (Å²) in [7, 11) is 0. The van der Waals surface area contributed by atoms with Crippen molar-refractivity contribution in [3.8, 4) is 5.75 Å². The van der Waals surface area contributed by atoms with Gasteiger partial charge in [0.1, 0.15) is 5.75 Å². The molecule has 0 spiro atoms. The Morgan fingerprint density at radius 3 is 1.62 bits per heavy atom. The Morgan fingerprint density at radius 2 is 1.23 bits per heavy atom. The Kier molecular flexibility index (Phi) is 4.42. The third-order valence-electron chi connectivity index (χ3n) is 4.47. The van der Waals surface area contributed by atoms with Gasteiger partial charge < -0.3 is 5.11 Å². The van der Waals surface area contributed by atoms with Crippen LogP contribution in [0.25, 0.3) is 0 Å². The van der Waals surface area contributed by atoms with E-state index in [-0.39, 0.29) is 22.7 Å². The second-order valence-corrected chi connectivity index (χ2v) is 8.79. The van der Waals surface area contributed by atoms with Crippen molar-refractivity contribution >= 4 is 0 Å². The predicted octanol–water partition coefficient (Wildman–Crippen LogP) is 4.48. The Balaban J connectivity index is 2.13. The van der Waals surface area contributed by atoms with Gasteiger partial charge >= 0.3 is 0 Å². The van der Waals surface area contributed by atoms with E-state index in [4.69, 9.17) is 10.2 Å². The van der Waals surface area contributed by atoms with Crippen LogP contribution >= 0.6 is 0 Å². The predicted molar refractivity (Wildman–Crippen MR) is 103 cm³/mol. The standard InChI is InChI=1S/C21H28N4O/c1-20(2,3)17-11-13-24(22-17)19(15-9-7-8-10-16(15)26)25-14-12-18(23-25)21(4,5)6/h7-14,19,26H,1-6H3. The first-order valence-electron chi connectivity index (χ1n) is 8.96. The fourth-order valence-corrected chi connectivity index (χ4v) is 2.86. The van der Waals surface area contributed by atoms with Gasteiger partial charge in [-0.05, 0) is 18.2 Å². The zero-order valence-electron chi connectivity index (χ0n) is 16.4. The molecule has 0 atom stereocenters. The van der Waals surface area contributed by atoms with E-state index < -0.39 is 0 Å². The molecule has 0 saturated carbocycles. The molecule has 0 amide bonds. The van der Waals surface area contributed by atoms with Crippen molar-refractivity contribution < 1.29 is 5.11 Å². The molecule has 0 aliphatic carbocycles. The van der Waals surface area contributed by atoms with Crippen LogP contribution in [0.2, 0.25) is 0 Å². The highest BCUT2D eigenvalue weighted by Crippen LogP contribution is 2.30. The number of para-hydroxylation sites is 1. The molecule has 0 unspecified atom stereocenters. The number of hydrogen-bond donors (Lipinski definition) is 1. The lowest BCUT2D eigenvalue weighted by Gasteiger charge is -2.21. The molecule has 0 aliphatic heterocycles. The quantitative estimate of drug-likeness (QED) is 0.756. The number of benzene rings is 1. The molecule has 0 bridgehead atoms. The van der Waals surface area contributed by atoms with E-state index in [1.807, 2.05) is 52.1 Å². The van der Waals surface area contributed by atoms with Crippen LogP contribution in [-0.2, 0) is 10.8 Å². The van der Waals surface area contributed by atoms with E-state index in [2.05, 4.69) is 41.5 Å². The van der Waals surface area contributed by atoms with E-state index in [0.29, 0.717) is 0 Å². The third kappa shape index (κ3) is 3.52. The van der Waals surface area contributed by atoms with Crippen molar-refractivity contribution in [2.75, 3.05) is 0 Å². The zero-order valence-corrected chi connectivity index (χ0v) is 16.4. The first-order chi connectivity index (χ1) is 12.1. The Hall–Kier alpha value is -2.56. The number of aromatic nitrogens is 4. The zero-order chi connectivity index (χ0) is 19.1. The average molecular weight is 352 g/mol. The Bertz CT molecular complexity index is 841. The maximum Gasteiger partial charge on any atom is 0.172 e. The van der Waals surface area contributed by atoms with Crippen LogP contribution in [0.4, 0.5) is 0 Å².